The molecule has 3 rings (SSSR count). The Kier molecular flexibility index (Phi) is 4.83. The molecule has 1 N–H and O–H groups in total. The summed E-state index contributed by atoms with van der Waals surface area (Å²) >= 11 is 0. The van der Waals surface area contributed by atoms with E-state index in [1.165, 1.54) is 25.7 Å². The van der Waals surface area contributed by atoms with Gasteiger partial charge in [0, 0.05) is 44.6 Å². The van der Waals surface area contributed by atoms with Gasteiger partial charge in [0.2, 0.25) is 5.91 Å². The predicted molar refractivity (Wildman–Crippen MR) is 90.1 cm³/mol. The first kappa shape index (κ1) is 16.6. The zero-order valence-electron chi connectivity index (χ0n) is 14.6. The molecule has 5 heteroatoms. The molecule has 0 bridgehead atoms. The van der Waals surface area contributed by atoms with Gasteiger partial charge in [0.25, 0.3) is 0 Å². The molecule has 130 valence electrons. The molecule has 2 unspecified atom stereocenters. The van der Waals surface area contributed by atoms with Crippen LogP contribution in [0.4, 0.5) is 4.79 Å². The van der Waals surface area contributed by atoms with Gasteiger partial charge < -0.3 is 15.1 Å². The molecule has 1 aliphatic heterocycles. The molecule has 3 aliphatic rings. The molecule has 23 heavy (non-hydrogen) atoms. The number of carbonyl (C=O) groups excluding carboxylic acids is 2. The van der Waals surface area contributed by atoms with E-state index in [0.29, 0.717) is 18.5 Å². The quantitative estimate of drug-likeness (QED) is 0.869. The minimum Gasteiger partial charge on any atom is -0.342 e. The highest BCUT2D eigenvalue weighted by Gasteiger charge is 2.49. The maximum Gasteiger partial charge on any atom is 0.317 e. The predicted octanol–water partition coefficient (Wildman–Crippen LogP) is 2.75. The Morgan fingerprint density at radius 2 is 1.96 bits per heavy atom. The second-order valence-electron chi connectivity index (χ2n) is 7.92. The molecule has 0 spiro atoms. The summed E-state index contributed by atoms with van der Waals surface area (Å²) < 4.78 is 0. The molecule has 5 nitrogen and oxygen atoms in total. The standard InChI is InChI=1S/C18H31N3O2/c1-20(17(23)19-14-7-4-3-5-8-14)13-18-11-6-9-15(18)21(2)16(22)10-12-18/h14-15H,3-13H2,1-2H3,(H,19,23). The summed E-state index contributed by atoms with van der Waals surface area (Å²) in [4.78, 5) is 28.4. The van der Waals surface area contributed by atoms with Gasteiger partial charge >= 0.3 is 6.03 Å². The highest BCUT2D eigenvalue weighted by atomic mass is 16.2. The van der Waals surface area contributed by atoms with E-state index in [9.17, 15) is 9.59 Å². The lowest BCUT2D eigenvalue weighted by molar-refractivity contribution is -0.140. The third-order valence-corrected chi connectivity index (χ3v) is 6.39. The van der Waals surface area contributed by atoms with Crippen LogP contribution in [0.15, 0.2) is 0 Å². The largest absolute Gasteiger partial charge is 0.342 e. The van der Waals surface area contributed by atoms with E-state index < -0.39 is 0 Å². The first-order valence-corrected chi connectivity index (χ1v) is 9.29. The number of amides is 3. The van der Waals surface area contributed by atoms with Crippen LogP contribution in [0.2, 0.25) is 0 Å². The molecule has 1 saturated heterocycles. The van der Waals surface area contributed by atoms with E-state index in [-0.39, 0.29) is 17.4 Å². The Morgan fingerprint density at radius 1 is 1.22 bits per heavy atom. The molecular weight excluding hydrogens is 290 g/mol. The van der Waals surface area contributed by atoms with Crippen LogP contribution < -0.4 is 5.32 Å². The highest BCUT2D eigenvalue weighted by molar-refractivity contribution is 5.78. The summed E-state index contributed by atoms with van der Waals surface area (Å²) in [5.74, 6) is 0.266. The SMILES string of the molecule is CN(CC12CCCC1N(C)C(=O)CC2)C(=O)NC1CCCCC1. The van der Waals surface area contributed by atoms with E-state index in [4.69, 9.17) is 0 Å². The van der Waals surface area contributed by atoms with Gasteiger partial charge in [0.1, 0.15) is 0 Å². The van der Waals surface area contributed by atoms with Crippen molar-refractivity contribution in [2.75, 3.05) is 20.6 Å². The zero-order valence-corrected chi connectivity index (χ0v) is 14.6. The maximum atomic E-state index is 12.6. The third kappa shape index (κ3) is 3.33. The second kappa shape index (κ2) is 6.70. The first-order chi connectivity index (χ1) is 11.0. The van der Waals surface area contributed by atoms with Gasteiger partial charge in [-0.05, 0) is 32.1 Å². The number of nitrogens with zero attached hydrogens (tertiary/aromatic N) is 2. The van der Waals surface area contributed by atoms with Crippen LogP contribution >= 0.6 is 0 Å². The average molecular weight is 321 g/mol. The summed E-state index contributed by atoms with van der Waals surface area (Å²) in [5, 5.41) is 3.21. The fourth-order valence-electron chi connectivity index (χ4n) is 5.06. The van der Waals surface area contributed by atoms with Crippen LogP contribution in [0.5, 0.6) is 0 Å². The molecule has 3 amide bonds. The highest BCUT2D eigenvalue weighted by Crippen LogP contribution is 2.47. The Balaban J connectivity index is 1.60. The average Bonchev–Trinajstić information content (AvgIpc) is 2.96. The molecule has 3 fully saturated rings. The van der Waals surface area contributed by atoms with Gasteiger partial charge in [-0.3, -0.25) is 4.79 Å². The number of carbonyl (C=O) groups is 2. The zero-order chi connectivity index (χ0) is 16.4. The molecule has 2 saturated carbocycles. The van der Waals surface area contributed by atoms with Crippen molar-refractivity contribution in [1.82, 2.24) is 15.1 Å². The lowest BCUT2D eigenvalue weighted by Gasteiger charge is -2.46. The topological polar surface area (TPSA) is 52.7 Å². The van der Waals surface area contributed by atoms with Crippen molar-refractivity contribution < 1.29 is 9.59 Å². The summed E-state index contributed by atoms with van der Waals surface area (Å²) in [6.07, 6.45) is 10.9. The normalized spacial score (nSPS) is 31.8. The Labute approximate surface area is 139 Å². The number of rotatable bonds is 3. The van der Waals surface area contributed by atoms with Crippen LogP contribution in [-0.2, 0) is 4.79 Å². The number of likely N-dealkylation sites (tertiary alicyclic amines) is 1. The van der Waals surface area contributed by atoms with Crippen molar-refractivity contribution in [3.8, 4) is 0 Å². The first-order valence-electron chi connectivity index (χ1n) is 9.29. The van der Waals surface area contributed by atoms with Gasteiger partial charge in [0.15, 0.2) is 0 Å². The van der Waals surface area contributed by atoms with Crippen molar-refractivity contribution in [3.05, 3.63) is 0 Å². The lowest BCUT2D eigenvalue weighted by atomic mass is 9.74. The van der Waals surface area contributed by atoms with Crippen LogP contribution in [0.3, 0.4) is 0 Å². The Hall–Kier alpha value is -1.26. The number of urea groups is 1. The van der Waals surface area contributed by atoms with Gasteiger partial charge in [-0.15, -0.1) is 0 Å². The van der Waals surface area contributed by atoms with E-state index in [1.807, 2.05) is 23.9 Å². The smallest absolute Gasteiger partial charge is 0.317 e. The van der Waals surface area contributed by atoms with Crippen LogP contribution in [0.1, 0.15) is 64.2 Å². The molecule has 1 heterocycles. The molecule has 0 aromatic rings. The summed E-state index contributed by atoms with van der Waals surface area (Å²) in [7, 11) is 3.85. The molecular formula is C18H31N3O2. The Bertz CT molecular complexity index is 461. The fraction of sp³-hybridized carbons (Fsp3) is 0.889. The lowest BCUT2D eigenvalue weighted by Crippen LogP contribution is -2.56. The van der Waals surface area contributed by atoms with Gasteiger partial charge in [-0.25, -0.2) is 4.79 Å². The number of hydrogen-bond donors (Lipinski definition) is 1. The monoisotopic (exact) mass is 321 g/mol. The minimum atomic E-state index is 0.0662. The van der Waals surface area contributed by atoms with E-state index >= 15 is 0 Å². The number of fused-ring (bicyclic) bond motifs is 1. The van der Waals surface area contributed by atoms with Crippen LogP contribution in [0, 0.1) is 5.41 Å². The molecule has 2 aliphatic carbocycles. The van der Waals surface area contributed by atoms with Crippen molar-refractivity contribution in [3.63, 3.8) is 0 Å². The number of hydrogen-bond acceptors (Lipinski definition) is 2. The molecule has 0 radical (unpaired) electrons. The van der Waals surface area contributed by atoms with Gasteiger partial charge in [-0.2, -0.15) is 0 Å². The second-order valence-corrected chi connectivity index (χ2v) is 7.92. The fourth-order valence-corrected chi connectivity index (χ4v) is 5.06. The van der Waals surface area contributed by atoms with E-state index in [0.717, 1.165) is 38.6 Å². The van der Waals surface area contributed by atoms with E-state index in [2.05, 4.69) is 5.32 Å². The molecule has 2 atom stereocenters. The van der Waals surface area contributed by atoms with Crippen molar-refractivity contribution >= 4 is 11.9 Å². The summed E-state index contributed by atoms with van der Waals surface area (Å²) in [6.45, 7) is 0.772. The summed E-state index contributed by atoms with van der Waals surface area (Å²) in [6, 6.07) is 0.733. The number of piperidine rings is 1. The van der Waals surface area contributed by atoms with E-state index in [1.54, 1.807) is 0 Å². The minimum absolute atomic E-state index is 0.0662. The van der Waals surface area contributed by atoms with Crippen molar-refractivity contribution in [2.24, 2.45) is 5.41 Å². The van der Waals surface area contributed by atoms with Gasteiger partial charge in [0.05, 0.1) is 0 Å². The molecule has 0 aromatic heterocycles. The van der Waals surface area contributed by atoms with Gasteiger partial charge in [-0.1, -0.05) is 25.7 Å². The van der Waals surface area contributed by atoms with Crippen molar-refractivity contribution in [2.45, 2.75) is 76.3 Å². The molecule has 0 aromatic carbocycles. The Morgan fingerprint density at radius 3 is 2.70 bits per heavy atom. The summed E-state index contributed by atoms with van der Waals surface area (Å²) in [5.41, 5.74) is 0.112. The third-order valence-electron chi connectivity index (χ3n) is 6.39. The maximum absolute atomic E-state index is 12.6. The van der Waals surface area contributed by atoms with Crippen LogP contribution in [-0.4, -0.2) is 54.5 Å². The number of nitrogens with one attached hydrogen (secondary N) is 1. The van der Waals surface area contributed by atoms with Crippen molar-refractivity contribution in [1.29, 1.82) is 0 Å². The van der Waals surface area contributed by atoms with Crippen LogP contribution in [0.25, 0.3) is 0 Å².